The molecule has 0 bridgehead atoms. The third-order valence-corrected chi connectivity index (χ3v) is 2.78. The summed E-state index contributed by atoms with van der Waals surface area (Å²) in [5.74, 6) is 1.23. The predicted octanol–water partition coefficient (Wildman–Crippen LogP) is 2.37. The molecular formula is C13H21NO2. The SMILES string of the molecule is COc1ccc(C(N)C(OC)C(C)C)cc1. The molecule has 0 spiro atoms. The smallest absolute Gasteiger partial charge is 0.118 e. The van der Waals surface area contributed by atoms with Gasteiger partial charge in [0.05, 0.1) is 19.3 Å². The van der Waals surface area contributed by atoms with Gasteiger partial charge in [-0.3, -0.25) is 0 Å². The van der Waals surface area contributed by atoms with Crippen molar-refractivity contribution in [2.45, 2.75) is 26.0 Å². The number of hydrogen-bond donors (Lipinski definition) is 1. The van der Waals surface area contributed by atoms with Gasteiger partial charge < -0.3 is 15.2 Å². The minimum Gasteiger partial charge on any atom is -0.497 e. The molecule has 0 amide bonds. The van der Waals surface area contributed by atoms with Gasteiger partial charge in [0.2, 0.25) is 0 Å². The average Bonchev–Trinajstić information content (AvgIpc) is 2.29. The molecule has 0 aliphatic heterocycles. The largest absolute Gasteiger partial charge is 0.497 e. The molecule has 0 saturated carbocycles. The standard InChI is InChI=1S/C13H21NO2/c1-9(2)13(16-4)12(14)10-5-7-11(15-3)8-6-10/h5-9,12-13H,14H2,1-4H3. The lowest BCUT2D eigenvalue weighted by Gasteiger charge is -2.26. The Morgan fingerprint density at radius 1 is 1.06 bits per heavy atom. The van der Waals surface area contributed by atoms with E-state index in [0.29, 0.717) is 5.92 Å². The summed E-state index contributed by atoms with van der Waals surface area (Å²) in [4.78, 5) is 0. The van der Waals surface area contributed by atoms with Crippen molar-refractivity contribution in [2.24, 2.45) is 11.7 Å². The Morgan fingerprint density at radius 2 is 1.62 bits per heavy atom. The summed E-state index contributed by atoms with van der Waals surface area (Å²) >= 11 is 0. The van der Waals surface area contributed by atoms with Gasteiger partial charge in [-0.05, 0) is 23.6 Å². The summed E-state index contributed by atoms with van der Waals surface area (Å²) < 4.78 is 10.5. The highest BCUT2D eigenvalue weighted by Crippen LogP contribution is 2.23. The zero-order valence-corrected chi connectivity index (χ0v) is 10.4. The van der Waals surface area contributed by atoms with Crippen LogP contribution in [0, 0.1) is 5.92 Å². The number of benzene rings is 1. The van der Waals surface area contributed by atoms with Crippen molar-refractivity contribution in [3.63, 3.8) is 0 Å². The maximum Gasteiger partial charge on any atom is 0.118 e. The van der Waals surface area contributed by atoms with Gasteiger partial charge in [-0.2, -0.15) is 0 Å². The molecule has 3 nitrogen and oxygen atoms in total. The fourth-order valence-corrected chi connectivity index (χ4v) is 1.85. The van der Waals surface area contributed by atoms with Crippen LogP contribution < -0.4 is 10.5 Å². The van der Waals surface area contributed by atoms with Crippen molar-refractivity contribution in [1.82, 2.24) is 0 Å². The summed E-state index contributed by atoms with van der Waals surface area (Å²) in [6.07, 6.45) is 0.0356. The number of hydrogen-bond acceptors (Lipinski definition) is 3. The molecule has 3 heteroatoms. The monoisotopic (exact) mass is 223 g/mol. The number of ether oxygens (including phenoxy) is 2. The van der Waals surface area contributed by atoms with Gasteiger partial charge in [-0.1, -0.05) is 26.0 Å². The van der Waals surface area contributed by atoms with Crippen LogP contribution in [0.4, 0.5) is 0 Å². The van der Waals surface area contributed by atoms with Crippen molar-refractivity contribution in [3.8, 4) is 5.75 Å². The second kappa shape index (κ2) is 5.87. The fourth-order valence-electron chi connectivity index (χ4n) is 1.85. The van der Waals surface area contributed by atoms with Gasteiger partial charge in [0.1, 0.15) is 5.75 Å². The molecule has 0 saturated heterocycles. The lowest BCUT2D eigenvalue weighted by molar-refractivity contribution is 0.0437. The minimum atomic E-state index is -0.101. The highest BCUT2D eigenvalue weighted by molar-refractivity contribution is 5.29. The minimum absolute atomic E-state index is 0.0356. The Morgan fingerprint density at radius 3 is 2.00 bits per heavy atom. The van der Waals surface area contributed by atoms with Gasteiger partial charge >= 0.3 is 0 Å². The van der Waals surface area contributed by atoms with E-state index in [-0.39, 0.29) is 12.1 Å². The molecule has 0 aromatic heterocycles. The van der Waals surface area contributed by atoms with E-state index in [1.165, 1.54) is 0 Å². The first-order chi connectivity index (χ1) is 7.60. The van der Waals surface area contributed by atoms with E-state index < -0.39 is 0 Å². The lowest BCUT2D eigenvalue weighted by atomic mass is 9.94. The molecule has 90 valence electrons. The van der Waals surface area contributed by atoms with Crippen LogP contribution in [0.2, 0.25) is 0 Å². The van der Waals surface area contributed by atoms with E-state index in [9.17, 15) is 0 Å². The Kier molecular flexibility index (Phi) is 4.77. The van der Waals surface area contributed by atoms with Crippen molar-refractivity contribution >= 4 is 0 Å². The van der Waals surface area contributed by atoms with Crippen LogP contribution in [0.15, 0.2) is 24.3 Å². The molecule has 2 N–H and O–H groups in total. The first-order valence-electron chi connectivity index (χ1n) is 5.52. The van der Waals surface area contributed by atoms with Crippen LogP contribution in [0.1, 0.15) is 25.5 Å². The molecule has 2 atom stereocenters. The summed E-state index contributed by atoms with van der Waals surface area (Å²) in [6.45, 7) is 4.22. The Labute approximate surface area is 97.6 Å². The second-order valence-corrected chi connectivity index (χ2v) is 4.24. The van der Waals surface area contributed by atoms with Crippen LogP contribution >= 0.6 is 0 Å². The topological polar surface area (TPSA) is 44.5 Å². The molecule has 1 rings (SSSR count). The predicted molar refractivity (Wildman–Crippen MR) is 65.6 cm³/mol. The van der Waals surface area contributed by atoms with Crippen LogP contribution in [0.5, 0.6) is 5.75 Å². The molecule has 16 heavy (non-hydrogen) atoms. The third-order valence-electron chi connectivity index (χ3n) is 2.78. The number of rotatable bonds is 5. The van der Waals surface area contributed by atoms with Crippen LogP contribution in [-0.2, 0) is 4.74 Å². The third kappa shape index (κ3) is 2.97. The maximum atomic E-state index is 6.18. The number of nitrogens with two attached hydrogens (primary N) is 1. The molecule has 0 fully saturated rings. The van der Waals surface area contributed by atoms with Crippen molar-refractivity contribution < 1.29 is 9.47 Å². The maximum absolute atomic E-state index is 6.18. The van der Waals surface area contributed by atoms with E-state index in [1.807, 2.05) is 24.3 Å². The van der Waals surface area contributed by atoms with Crippen molar-refractivity contribution in [3.05, 3.63) is 29.8 Å². The quantitative estimate of drug-likeness (QED) is 0.833. The number of methoxy groups -OCH3 is 2. The van der Waals surface area contributed by atoms with E-state index in [2.05, 4.69) is 13.8 Å². The van der Waals surface area contributed by atoms with Gasteiger partial charge in [-0.25, -0.2) is 0 Å². The Hall–Kier alpha value is -1.06. The van der Waals surface area contributed by atoms with Gasteiger partial charge in [0, 0.05) is 7.11 Å². The summed E-state index contributed by atoms with van der Waals surface area (Å²) in [5.41, 5.74) is 7.25. The van der Waals surface area contributed by atoms with Crippen molar-refractivity contribution in [1.29, 1.82) is 0 Å². The van der Waals surface area contributed by atoms with Gasteiger partial charge in [0.15, 0.2) is 0 Å². The van der Waals surface area contributed by atoms with E-state index >= 15 is 0 Å². The fraction of sp³-hybridized carbons (Fsp3) is 0.538. The van der Waals surface area contributed by atoms with Crippen LogP contribution in [0.25, 0.3) is 0 Å². The molecule has 1 aromatic rings. The van der Waals surface area contributed by atoms with E-state index in [4.69, 9.17) is 15.2 Å². The average molecular weight is 223 g/mol. The van der Waals surface area contributed by atoms with Crippen LogP contribution in [-0.4, -0.2) is 20.3 Å². The zero-order chi connectivity index (χ0) is 12.1. The summed E-state index contributed by atoms with van der Waals surface area (Å²) in [6, 6.07) is 7.70. The zero-order valence-electron chi connectivity index (χ0n) is 10.4. The first-order valence-corrected chi connectivity index (χ1v) is 5.52. The van der Waals surface area contributed by atoms with Gasteiger partial charge in [0.25, 0.3) is 0 Å². The summed E-state index contributed by atoms with van der Waals surface area (Å²) in [7, 11) is 3.36. The second-order valence-electron chi connectivity index (χ2n) is 4.24. The molecule has 1 aromatic carbocycles. The highest BCUT2D eigenvalue weighted by atomic mass is 16.5. The first kappa shape index (κ1) is 13.0. The molecule has 0 radical (unpaired) electrons. The normalized spacial score (nSPS) is 14.9. The van der Waals surface area contributed by atoms with Gasteiger partial charge in [-0.15, -0.1) is 0 Å². The van der Waals surface area contributed by atoms with E-state index in [1.54, 1.807) is 14.2 Å². The molecular weight excluding hydrogens is 202 g/mol. The Balaban J connectivity index is 2.82. The lowest BCUT2D eigenvalue weighted by Crippen LogP contribution is -2.32. The summed E-state index contributed by atoms with van der Waals surface area (Å²) in [5, 5.41) is 0. The highest BCUT2D eigenvalue weighted by Gasteiger charge is 2.22. The molecule has 0 heterocycles. The van der Waals surface area contributed by atoms with Crippen molar-refractivity contribution in [2.75, 3.05) is 14.2 Å². The molecule has 0 aliphatic carbocycles. The van der Waals surface area contributed by atoms with E-state index in [0.717, 1.165) is 11.3 Å². The Bertz CT molecular complexity index is 308. The molecule has 2 unspecified atom stereocenters. The van der Waals surface area contributed by atoms with Crippen LogP contribution in [0.3, 0.4) is 0 Å². The molecule has 0 aliphatic rings.